The third kappa shape index (κ3) is 5.00. The minimum Gasteiger partial charge on any atom is -0.354 e. The van der Waals surface area contributed by atoms with E-state index in [0.717, 1.165) is 27.6 Å². The number of nitrogens with zero attached hydrogens (tertiary/aromatic N) is 6. The third-order valence-electron chi connectivity index (χ3n) is 6.69. The SMILES string of the molecule is Cn1cc(S(=O)(=O)N2CCC(N3CCN(c4ccc(C(F)(F)F)cn4)CC3)CC2)c(=O)n(C)c1=O. The molecule has 0 spiro atoms. The van der Waals surface area contributed by atoms with Gasteiger partial charge in [-0.2, -0.15) is 17.5 Å². The van der Waals surface area contributed by atoms with Gasteiger partial charge in [-0.05, 0) is 25.0 Å². The summed E-state index contributed by atoms with van der Waals surface area (Å²) in [4.78, 5) is 32.1. The zero-order chi connectivity index (χ0) is 25.5. The number of alkyl halides is 3. The molecule has 0 aliphatic carbocycles. The van der Waals surface area contributed by atoms with Crippen LogP contribution in [0.1, 0.15) is 18.4 Å². The summed E-state index contributed by atoms with van der Waals surface area (Å²) in [6, 6.07) is 2.57. The molecule has 0 atom stereocenters. The van der Waals surface area contributed by atoms with E-state index in [-0.39, 0.29) is 19.1 Å². The Morgan fingerprint density at radius 3 is 2.14 bits per heavy atom. The van der Waals surface area contributed by atoms with Gasteiger partial charge in [0.15, 0.2) is 4.90 Å². The number of sulfonamides is 1. The molecular weight excluding hydrogens is 489 g/mol. The number of hydrogen-bond donors (Lipinski definition) is 0. The number of hydrogen-bond acceptors (Lipinski definition) is 7. The number of aryl methyl sites for hydroxylation is 1. The molecule has 4 rings (SSSR count). The molecule has 2 aromatic rings. The van der Waals surface area contributed by atoms with E-state index in [0.29, 0.717) is 44.8 Å². The van der Waals surface area contributed by atoms with E-state index in [9.17, 15) is 31.2 Å². The maximum Gasteiger partial charge on any atom is 0.417 e. The van der Waals surface area contributed by atoms with E-state index in [1.54, 1.807) is 0 Å². The van der Waals surface area contributed by atoms with Gasteiger partial charge in [-0.1, -0.05) is 0 Å². The van der Waals surface area contributed by atoms with Crippen molar-refractivity contribution in [2.45, 2.75) is 30.0 Å². The molecule has 0 amide bonds. The van der Waals surface area contributed by atoms with Crippen LogP contribution in [0, 0.1) is 0 Å². The van der Waals surface area contributed by atoms with Crippen molar-refractivity contribution < 1.29 is 21.6 Å². The highest BCUT2D eigenvalue weighted by atomic mass is 32.2. The second-order valence-corrected chi connectivity index (χ2v) is 10.7. The van der Waals surface area contributed by atoms with E-state index >= 15 is 0 Å². The van der Waals surface area contributed by atoms with E-state index < -0.39 is 37.9 Å². The molecule has 2 fully saturated rings. The largest absolute Gasteiger partial charge is 0.417 e. The van der Waals surface area contributed by atoms with Crippen LogP contribution >= 0.6 is 0 Å². The fourth-order valence-corrected chi connectivity index (χ4v) is 6.21. The van der Waals surface area contributed by atoms with Gasteiger partial charge in [0, 0.05) is 71.8 Å². The van der Waals surface area contributed by atoms with Gasteiger partial charge >= 0.3 is 11.9 Å². The summed E-state index contributed by atoms with van der Waals surface area (Å²) >= 11 is 0. The van der Waals surface area contributed by atoms with Gasteiger partial charge < -0.3 is 9.47 Å². The summed E-state index contributed by atoms with van der Waals surface area (Å²) in [7, 11) is -1.40. The van der Waals surface area contributed by atoms with Gasteiger partial charge in [-0.3, -0.25) is 14.3 Å². The second-order valence-electron chi connectivity index (χ2n) is 8.81. The Morgan fingerprint density at radius 1 is 0.971 bits per heavy atom. The normalized spacial score (nSPS) is 19.3. The first kappa shape index (κ1) is 25.4. The summed E-state index contributed by atoms with van der Waals surface area (Å²) in [5.74, 6) is 0.498. The molecule has 10 nitrogen and oxygen atoms in total. The maximum absolute atomic E-state index is 13.1. The lowest BCUT2D eigenvalue weighted by Crippen LogP contribution is -2.54. The van der Waals surface area contributed by atoms with Crippen LogP contribution in [0.4, 0.5) is 19.0 Å². The number of pyridine rings is 1. The van der Waals surface area contributed by atoms with Crippen molar-refractivity contribution in [3.63, 3.8) is 0 Å². The first-order valence-electron chi connectivity index (χ1n) is 11.2. The molecule has 0 aromatic carbocycles. The third-order valence-corrected chi connectivity index (χ3v) is 8.57. The Hall–Kier alpha value is -2.71. The Bertz CT molecular complexity index is 1290. The van der Waals surface area contributed by atoms with Crippen LogP contribution in [0.25, 0.3) is 0 Å². The lowest BCUT2D eigenvalue weighted by molar-refractivity contribution is -0.137. The molecule has 2 saturated heterocycles. The summed E-state index contributed by atoms with van der Waals surface area (Å²) in [6.07, 6.45) is -1.33. The number of aromatic nitrogens is 3. The van der Waals surface area contributed by atoms with E-state index in [4.69, 9.17) is 0 Å². The van der Waals surface area contributed by atoms with E-state index in [2.05, 4.69) is 9.88 Å². The Morgan fingerprint density at radius 2 is 1.60 bits per heavy atom. The van der Waals surface area contributed by atoms with Gasteiger partial charge in [-0.25, -0.2) is 18.2 Å². The highest BCUT2D eigenvalue weighted by Crippen LogP contribution is 2.30. The standard InChI is InChI=1S/C21H27F3N6O4S/c1-26-14-17(19(31)27(2)20(26)32)35(33,34)30-7-5-16(6-8-30)28-9-11-29(12-10-28)18-4-3-15(13-25-18)21(22,23)24/h3-4,13-14,16H,5-12H2,1-2H3. The number of piperidine rings is 1. The first-order chi connectivity index (χ1) is 16.4. The monoisotopic (exact) mass is 516 g/mol. The van der Waals surface area contributed by atoms with Crippen molar-refractivity contribution in [3.05, 3.63) is 50.9 Å². The zero-order valence-corrected chi connectivity index (χ0v) is 20.2. The quantitative estimate of drug-likeness (QED) is 0.583. The van der Waals surface area contributed by atoms with Crippen molar-refractivity contribution in [2.75, 3.05) is 44.2 Å². The van der Waals surface area contributed by atoms with Crippen LogP contribution in [0.3, 0.4) is 0 Å². The second kappa shape index (κ2) is 9.39. The Balaban J connectivity index is 1.35. The molecule has 0 unspecified atom stereocenters. The van der Waals surface area contributed by atoms with E-state index in [1.807, 2.05) is 4.90 Å². The fraction of sp³-hybridized carbons (Fsp3) is 0.571. The van der Waals surface area contributed by atoms with Crippen molar-refractivity contribution in [1.82, 2.24) is 23.3 Å². The van der Waals surface area contributed by atoms with Crippen molar-refractivity contribution in [2.24, 2.45) is 14.1 Å². The summed E-state index contributed by atoms with van der Waals surface area (Å²) in [6.45, 7) is 3.07. The molecule has 2 aliphatic heterocycles. The zero-order valence-electron chi connectivity index (χ0n) is 19.4. The molecule has 0 saturated carbocycles. The number of halogens is 3. The number of piperazine rings is 1. The number of anilines is 1. The van der Waals surface area contributed by atoms with Crippen LogP contribution in [0.15, 0.2) is 39.0 Å². The van der Waals surface area contributed by atoms with Gasteiger partial charge in [0.25, 0.3) is 5.56 Å². The highest BCUT2D eigenvalue weighted by molar-refractivity contribution is 7.89. The van der Waals surface area contributed by atoms with Crippen LogP contribution in [-0.4, -0.2) is 77.1 Å². The molecule has 0 radical (unpaired) electrons. The molecule has 2 aliphatic rings. The molecule has 192 valence electrons. The molecule has 0 bridgehead atoms. The van der Waals surface area contributed by atoms with Gasteiger partial charge in [0.1, 0.15) is 5.82 Å². The van der Waals surface area contributed by atoms with Crippen molar-refractivity contribution in [3.8, 4) is 0 Å². The maximum atomic E-state index is 13.1. The Kier molecular flexibility index (Phi) is 6.81. The highest BCUT2D eigenvalue weighted by Gasteiger charge is 2.35. The van der Waals surface area contributed by atoms with Gasteiger partial charge in [0.2, 0.25) is 10.0 Å². The van der Waals surface area contributed by atoms with Crippen LogP contribution in [0.2, 0.25) is 0 Å². The lowest BCUT2D eigenvalue weighted by Gasteiger charge is -2.42. The summed E-state index contributed by atoms with van der Waals surface area (Å²) < 4.78 is 67.6. The molecule has 14 heteroatoms. The topological polar surface area (TPSA) is 101 Å². The summed E-state index contributed by atoms with van der Waals surface area (Å²) in [5.41, 5.74) is -2.22. The molecule has 4 heterocycles. The smallest absolute Gasteiger partial charge is 0.354 e. The van der Waals surface area contributed by atoms with Crippen molar-refractivity contribution >= 4 is 15.8 Å². The number of rotatable bonds is 4. The van der Waals surface area contributed by atoms with Crippen molar-refractivity contribution in [1.29, 1.82) is 0 Å². The average molecular weight is 517 g/mol. The van der Waals surface area contributed by atoms with Crippen LogP contribution in [-0.2, 0) is 30.3 Å². The molecule has 35 heavy (non-hydrogen) atoms. The predicted molar refractivity (Wildman–Crippen MR) is 122 cm³/mol. The minimum absolute atomic E-state index is 0.159. The molecule has 2 aromatic heterocycles. The summed E-state index contributed by atoms with van der Waals surface area (Å²) in [5, 5.41) is 0. The van der Waals surface area contributed by atoms with Gasteiger partial charge in [0.05, 0.1) is 5.56 Å². The minimum atomic E-state index is -4.42. The average Bonchev–Trinajstić information content (AvgIpc) is 2.84. The van der Waals surface area contributed by atoms with Gasteiger partial charge in [-0.15, -0.1) is 0 Å². The first-order valence-corrected chi connectivity index (χ1v) is 12.6. The molecule has 0 N–H and O–H groups in total. The van der Waals surface area contributed by atoms with E-state index in [1.165, 1.54) is 24.5 Å². The molecular formula is C21H27F3N6O4S. The Labute approximate surface area is 200 Å². The lowest BCUT2D eigenvalue weighted by atomic mass is 10.0. The van der Waals surface area contributed by atoms with Crippen LogP contribution in [0.5, 0.6) is 0 Å². The van der Waals surface area contributed by atoms with Crippen LogP contribution < -0.4 is 16.1 Å². The fourth-order valence-electron chi connectivity index (χ4n) is 4.60. The predicted octanol–water partition coefficient (Wildman–Crippen LogP) is 0.473.